The molecule has 2 atom stereocenters. The fourth-order valence-corrected chi connectivity index (χ4v) is 7.62. The largest absolute Gasteiger partial charge is 0.416 e. The highest BCUT2D eigenvalue weighted by molar-refractivity contribution is 7.89. The number of halogens is 3. The molecule has 0 bridgehead atoms. The predicted octanol–water partition coefficient (Wildman–Crippen LogP) is 5.00. The van der Waals surface area contributed by atoms with Gasteiger partial charge in [0.25, 0.3) is 0 Å². The molecular weight excluding hydrogens is 541 g/mol. The van der Waals surface area contributed by atoms with Crippen molar-refractivity contribution in [3.05, 3.63) is 42.1 Å². The van der Waals surface area contributed by atoms with Gasteiger partial charge in [0.05, 0.1) is 10.5 Å². The summed E-state index contributed by atoms with van der Waals surface area (Å²) in [5.74, 6) is 1.59. The van der Waals surface area contributed by atoms with Crippen LogP contribution in [-0.2, 0) is 16.2 Å². The molecule has 3 aliphatic heterocycles. The molecule has 2 unspecified atom stereocenters. The van der Waals surface area contributed by atoms with Gasteiger partial charge >= 0.3 is 6.18 Å². The molecule has 220 valence electrons. The first-order chi connectivity index (χ1) is 19.2. The summed E-state index contributed by atoms with van der Waals surface area (Å²) in [6, 6.07) is 5.96. The molecule has 2 aromatic rings. The van der Waals surface area contributed by atoms with Gasteiger partial charge in [0.1, 0.15) is 5.82 Å². The summed E-state index contributed by atoms with van der Waals surface area (Å²) in [5, 5.41) is 3.56. The summed E-state index contributed by atoms with van der Waals surface area (Å²) in [4.78, 5) is 13.9. The van der Waals surface area contributed by atoms with Crippen molar-refractivity contribution in [3.63, 3.8) is 0 Å². The first-order valence-electron chi connectivity index (χ1n) is 14.5. The van der Waals surface area contributed by atoms with Crippen molar-refractivity contribution in [2.45, 2.75) is 80.9 Å². The highest BCUT2D eigenvalue weighted by Gasteiger charge is 2.35. The lowest BCUT2D eigenvalue weighted by molar-refractivity contribution is -0.137. The molecule has 8 nitrogen and oxygen atoms in total. The van der Waals surface area contributed by atoms with E-state index in [1.807, 2.05) is 12.3 Å². The molecule has 5 rings (SSSR count). The van der Waals surface area contributed by atoms with Crippen LogP contribution >= 0.6 is 0 Å². The Labute approximate surface area is 235 Å². The van der Waals surface area contributed by atoms with Crippen LogP contribution in [-0.4, -0.2) is 78.9 Å². The van der Waals surface area contributed by atoms with Crippen molar-refractivity contribution in [1.29, 1.82) is 0 Å². The molecule has 3 saturated heterocycles. The van der Waals surface area contributed by atoms with Crippen molar-refractivity contribution in [3.8, 4) is 0 Å². The minimum absolute atomic E-state index is 0.0460. The summed E-state index contributed by atoms with van der Waals surface area (Å²) in [7, 11) is -3.89. The van der Waals surface area contributed by atoms with E-state index in [0.29, 0.717) is 25.5 Å². The van der Waals surface area contributed by atoms with Crippen LogP contribution in [0.5, 0.6) is 0 Å². The van der Waals surface area contributed by atoms with E-state index >= 15 is 0 Å². The number of nitrogens with one attached hydrogen (secondary N) is 1. The zero-order valence-electron chi connectivity index (χ0n) is 22.8. The van der Waals surface area contributed by atoms with Crippen molar-refractivity contribution < 1.29 is 21.6 Å². The van der Waals surface area contributed by atoms with E-state index in [9.17, 15) is 21.6 Å². The Morgan fingerprint density at radius 3 is 2.27 bits per heavy atom. The number of piperidine rings is 1. The second-order valence-corrected chi connectivity index (χ2v) is 13.1. The Morgan fingerprint density at radius 1 is 0.825 bits per heavy atom. The van der Waals surface area contributed by atoms with Crippen LogP contribution in [0.25, 0.3) is 0 Å². The first kappa shape index (κ1) is 29.1. The maximum absolute atomic E-state index is 13.3. The second kappa shape index (κ2) is 12.6. The van der Waals surface area contributed by atoms with Crippen LogP contribution in [0.15, 0.2) is 41.4 Å². The molecule has 1 aromatic carbocycles. The third kappa shape index (κ3) is 7.06. The zero-order valence-corrected chi connectivity index (χ0v) is 23.6. The number of alkyl halides is 3. The summed E-state index contributed by atoms with van der Waals surface area (Å²) in [6.07, 6.45) is 6.83. The highest BCUT2D eigenvalue weighted by Crippen LogP contribution is 2.31. The van der Waals surface area contributed by atoms with Crippen molar-refractivity contribution >= 4 is 21.8 Å². The van der Waals surface area contributed by atoms with E-state index in [0.717, 1.165) is 81.9 Å². The number of nitrogens with zero attached hydrogens (tertiary/aromatic N) is 5. The lowest BCUT2D eigenvalue weighted by Crippen LogP contribution is -2.51. The first-order valence-corrected chi connectivity index (χ1v) is 15.9. The van der Waals surface area contributed by atoms with E-state index in [-0.39, 0.29) is 17.0 Å². The van der Waals surface area contributed by atoms with Gasteiger partial charge < -0.3 is 10.2 Å². The molecule has 40 heavy (non-hydrogen) atoms. The number of hydrogen-bond donors (Lipinski definition) is 1. The fraction of sp³-hybridized carbons (Fsp3) is 0.643. The van der Waals surface area contributed by atoms with Gasteiger partial charge in [-0.2, -0.15) is 22.5 Å². The molecule has 12 heteroatoms. The van der Waals surface area contributed by atoms with Crippen molar-refractivity contribution in [2.75, 3.05) is 49.5 Å². The Bertz CT molecular complexity index is 1220. The zero-order chi connectivity index (χ0) is 28.2. The maximum atomic E-state index is 13.3. The van der Waals surface area contributed by atoms with Gasteiger partial charge in [0, 0.05) is 51.0 Å². The smallest absolute Gasteiger partial charge is 0.356 e. The number of hydrogen-bond acceptors (Lipinski definition) is 7. The predicted molar refractivity (Wildman–Crippen MR) is 149 cm³/mol. The van der Waals surface area contributed by atoms with E-state index in [1.165, 1.54) is 30.0 Å². The average Bonchev–Trinajstić information content (AvgIpc) is 3.37. The molecule has 1 N–H and O–H groups in total. The van der Waals surface area contributed by atoms with Gasteiger partial charge in [-0.05, 0) is 75.4 Å². The van der Waals surface area contributed by atoms with Crippen LogP contribution in [0.3, 0.4) is 0 Å². The van der Waals surface area contributed by atoms with E-state index < -0.39 is 21.8 Å². The summed E-state index contributed by atoms with van der Waals surface area (Å²) in [6.45, 7) is 4.37. The lowest BCUT2D eigenvalue weighted by atomic mass is 10.1. The minimum atomic E-state index is -4.50. The van der Waals surface area contributed by atoms with E-state index in [4.69, 9.17) is 4.98 Å². The quantitative estimate of drug-likeness (QED) is 0.515. The van der Waals surface area contributed by atoms with Crippen LogP contribution in [0.4, 0.5) is 24.9 Å². The molecule has 3 aliphatic rings. The molecule has 0 radical (unpaired) electrons. The van der Waals surface area contributed by atoms with Crippen LogP contribution in [0.2, 0.25) is 0 Å². The van der Waals surface area contributed by atoms with Gasteiger partial charge in [-0.1, -0.05) is 19.3 Å². The number of benzene rings is 1. The molecule has 0 spiro atoms. The molecule has 0 amide bonds. The second-order valence-electron chi connectivity index (χ2n) is 11.2. The van der Waals surface area contributed by atoms with Crippen molar-refractivity contribution in [1.82, 2.24) is 19.2 Å². The summed E-state index contributed by atoms with van der Waals surface area (Å²) >= 11 is 0. The van der Waals surface area contributed by atoms with Crippen LogP contribution < -0.4 is 10.2 Å². The molecule has 0 saturated carbocycles. The number of sulfonamides is 1. The van der Waals surface area contributed by atoms with E-state index in [1.54, 1.807) is 0 Å². The Morgan fingerprint density at radius 2 is 1.55 bits per heavy atom. The van der Waals surface area contributed by atoms with E-state index in [2.05, 4.69) is 20.1 Å². The highest BCUT2D eigenvalue weighted by atomic mass is 32.2. The van der Waals surface area contributed by atoms with Gasteiger partial charge in [0.15, 0.2) is 0 Å². The third-order valence-electron chi connectivity index (χ3n) is 8.30. The molecule has 3 fully saturated rings. The molecule has 0 aliphatic carbocycles. The van der Waals surface area contributed by atoms with Gasteiger partial charge in [-0.3, -0.25) is 4.90 Å². The third-order valence-corrected chi connectivity index (χ3v) is 10.2. The normalized spacial score (nSPS) is 24.3. The van der Waals surface area contributed by atoms with Crippen molar-refractivity contribution in [2.24, 2.45) is 0 Å². The maximum Gasteiger partial charge on any atom is 0.416 e. The Hall–Kier alpha value is -2.44. The van der Waals surface area contributed by atoms with Gasteiger partial charge in [-0.15, -0.1) is 0 Å². The molecular formula is C28H39F3N6O2S. The number of aromatic nitrogens is 2. The topological polar surface area (TPSA) is 81.7 Å². The average molecular weight is 581 g/mol. The Balaban J connectivity index is 1.24. The summed E-state index contributed by atoms with van der Waals surface area (Å²) < 4.78 is 67.0. The Kier molecular flexibility index (Phi) is 9.16. The number of rotatable bonds is 6. The molecule has 1 aromatic heterocycles. The SMILES string of the molecule is O=S(=O)(c1ccc(C(F)(F)F)cc1)N1CCCC(N2CCCCC(Nc3nccc(N4CCCCCC4)n3)C2)C1. The summed E-state index contributed by atoms with van der Waals surface area (Å²) in [5.41, 5.74) is -0.855. The molecule has 4 heterocycles. The van der Waals surface area contributed by atoms with Crippen LogP contribution in [0.1, 0.15) is 63.4 Å². The van der Waals surface area contributed by atoms with Gasteiger partial charge in [0.2, 0.25) is 16.0 Å². The fourth-order valence-electron chi connectivity index (χ4n) is 6.10. The number of likely N-dealkylation sites (tertiary alicyclic amines) is 1. The lowest BCUT2D eigenvalue weighted by Gasteiger charge is -2.39. The number of anilines is 2. The van der Waals surface area contributed by atoms with Crippen LogP contribution in [0, 0.1) is 0 Å². The van der Waals surface area contributed by atoms with Gasteiger partial charge in [-0.25, -0.2) is 13.4 Å². The minimum Gasteiger partial charge on any atom is -0.356 e. The standard InChI is InChI=1S/C28H39F3N6O2S/c29-28(30,31)22-10-12-25(13-11-22)40(38,39)37-19-7-9-24(21-37)36-18-6-3-8-23(20-36)33-27-32-15-14-26(34-27)35-16-4-1-2-5-17-35/h10-15,23-24H,1-9,16-21H2,(H,32,33,34). The monoisotopic (exact) mass is 580 g/mol.